The minimum atomic E-state index is -0.633. The van der Waals surface area contributed by atoms with Crippen molar-refractivity contribution >= 4 is 17.7 Å². The summed E-state index contributed by atoms with van der Waals surface area (Å²) in [5.74, 6) is -0.516. The van der Waals surface area contributed by atoms with Crippen molar-refractivity contribution in [2.45, 2.75) is 6.92 Å². The van der Waals surface area contributed by atoms with E-state index in [0.29, 0.717) is 5.56 Å². The van der Waals surface area contributed by atoms with Crippen LogP contribution in [-0.4, -0.2) is 25.1 Å². The predicted molar refractivity (Wildman–Crippen MR) is 65.7 cm³/mol. The van der Waals surface area contributed by atoms with Crippen LogP contribution in [0.25, 0.3) is 6.08 Å². The molecule has 0 spiro atoms. The number of carbonyl (C=O) groups is 1. The Labute approximate surface area is 104 Å². The predicted octanol–water partition coefficient (Wildman–Crippen LogP) is 2.42. The van der Waals surface area contributed by atoms with Gasteiger partial charge < -0.3 is 9.47 Å². The van der Waals surface area contributed by atoms with Gasteiger partial charge in [0.05, 0.1) is 24.7 Å². The molecule has 96 valence electrons. The number of carbonyl (C=O) groups excluding carboxylic acids is 1. The van der Waals surface area contributed by atoms with Crippen LogP contribution in [-0.2, 0) is 4.74 Å². The van der Waals surface area contributed by atoms with Crippen LogP contribution in [0.2, 0.25) is 0 Å². The molecule has 0 N–H and O–H groups in total. The molecule has 18 heavy (non-hydrogen) atoms. The number of nitro benzene ring substituents is 1. The van der Waals surface area contributed by atoms with Gasteiger partial charge >= 0.3 is 11.7 Å². The Kier molecular flexibility index (Phi) is 4.42. The lowest BCUT2D eigenvalue weighted by molar-refractivity contribution is -0.385. The number of esters is 1. The number of ether oxygens (including phenoxy) is 2. The van der Waals surface area contributed by atoms with Crippen LogP contribution >= 0.6 is 0 Å². The summed E-state index contributed by atoms with van der Waals surface area (Å²) in [6.45, 7) is 1.76. The van der Waals surface area contributed by atoms with Crippen LogP contribution in [0.15, 0.2) is 18.2 Å². The van der Waals surface area contributed by atoms with Crippen LogP contribution in [0.5, 0.6) is 5.75 Å². The molecule has 0 aliphatic carbocycles. The number of rotatable bonds is 4. The highest BCUT2D eigenvalue weighted by Crippen LogP contribution is 2.33. The van der Waals surface area contributed by atoms with Gasteiger partial charge in [-0.2, -0.15) is 0 Å². The first-order valence-corrected chi connectivity index (χ1v) is 5.12. The Morgan fingerprint density at radius 1 is 1.39 bits per heavy atom. The Balaban J connectivity index is 3.53. The first kappa shape index (κ1) is 13.7. The van der Waals surface area contributed by atoms with Gasteiger partial charge in [-0.3, -0.25) is 10.1 Å². The average molecular weight is 251 g/mol. The highest BCUT2D eigenvalue weighted by atomic mass is 16.6. The van der Waals surface area contributed by atoms with Crippen molar-refractivity contribution in [3.05, 3.63) is 39.4 Å². The molecule has 0 radical (unpaired) electrons. The monoisotopic (exact) mass is 251 g/mol. The molecule has 0 amide bonds. The van der Waals surface area contributed by atoms with Crippen molar-refractivity contribution in [1.29, 1.82) is 0 Å². The molecule has 1 rings (SSSR count). The lowest BCUT2D eigenvalue weighted by Gasteiger charge is -2.08. The maximum atomic E-state index is 11.4. The van der Waals surface area contributed by atoms with E-state index in [4.69, 9.17) is 4.74 Å². The molecule has 0 aliphatic heterocycles. The van der Waals surface area contributed by atoms with Gasteiger partial charge in [0, 0.05) is 11.6 Å². The molecular weight excluding hydrogens is 238 g/mol. The summed E-state index contributed by atoms with van der Waals surface area (Å²) in [6.07, 6.45) is 3.32. The molecule has 6 nitrogen and oxygen atoms in total. The molecule has 0 saturated heterocycles. The first-order valence-electron chi connectivity index (χ1n) is 5.12. The van der Waals surface area contributed by atoms with E-state index in [1.807, 2.05) is 0 Å². The van der Waals surface area contributed by atoms with Crippen molar-refractivity contribution in [3.8, 4) is 5.75 Å². The number of nitrogens with zero attached hydrogens (tertiary/aromatic N) is 1. The van der Waals surface area contributed by atoms with Crippen molar-refractivity contribution in [2.24, 2.45) is 0 Å². The number of benzene rings is 1. The number of methoxy groups -OCH3 is 2. The molecule has 0 aromatic heterocycles. The maximum absolute atomic E-state index is 11.4. The summed E-state index contributed by atoms with van der Waals surface area (Å²) in [5.41, 5.74) is 0.293. The SMILES string of the molecule is C/C=C\c1cc(C(=O)OC)cc([N+](=O)[O-])c1OC. The summed E-state index contributed by atoms with van der Waals surface area (Å²) in [6, 6.07) is 2.62. The molecule has 0 saturated carbocycles. The van der Waals surface area contributed by atoms with Crippen LogP contribution in [0, 0.1) is 10.1 Å². The summed E-state index contributed by atoms with van der Waals surface area (Å²) in [4.78, 5) is 21.8. The van der Waals surface area contributed by atoms with Crippen LogP contribution < -0.4 is 4.74 Å². The smallest absolute Gasteiger partial charge is 0.338 e. The van der Waals surface area contributed by atoms with E-state index in [2.05, 4.69) is 4.74 Å². The van der Waals surface area contributed by atoms with Gasteiger partial charge in [-0.15, -0.1) is 0 Å². The lowest BCUT2D eigenvalue weighted by atomic mass is 10.1. The standard InChI is InChI=1S/C12H13NO5/c1-4-5-8-6-9(12(14)18-3)7-10(13(15)16)11(8)17-2/h4-7H,1-3H3/b5-4-. The molecule has 1 aromatic rings. The van der Waals surface area contributed by atoms with Gasteiger partial charge in [0.25, 0.3) is 0 Å². The summed E-state index contributed by atoms with van der Waals surface area (Å²) >= 11 is 0. The van der Waals surface area contributed by atoms with Gasteiger partial charge in [0.2, 0.25) is 5.75 Å². The van der Waals surface area contributed by atoms with E-state index >= 15 is 0 Å². The normalized spacial score (nSPS) is 10.4. The second kappa shape index (κ2) is 5.81. The zero-order valence-corrected chi connectivity index (χ0v) is 10.3. The van der Waals surface area contributed by atoms with Crippen molar-refractivity contribution in [1.82, 2.24) is 0 Å². The Morgan fingerprint density at radius 3 is 2.50 bits per heavy atom. The van der Waals surface area contributed by atoms with Gasteiger partial charge in [0.15, 0.2) is 0 Å². The summed E-state index contributed by atoms with van der Waals surface area (Å²) in [7, 11) is 2.56. The summed E-state index contributed by atoms with van der Waals surface area (Å²) in [5, 5.41) is 10.9. The Morgan fingerprint density at radius 2 is 2.06 bits per heavy atom. The molecule has 6 heteroatoms. The first-order chi connectivity index (χ1) is 8.54. The highest BCUT2D eigenvalue weighted by Gasteiger charge is 2.22. The fourth-order valence-corrected chi connectivity index (χ4v) is 1.53. The molecule has 1 aromatic carbocycles. The fourth-order valence-electron chi connectivity index (χ4n) is 1.53. The largest absolute Gasteiger partial charge is 0.490 e. The molecule has 0 bridgehead atoms. The Hall–Kier alpha value is -2.37. The van der Waals surface area contributed by atoms with E-state index in [9.17, 15) is 14.9 Å². The molecule has 0 heterocycles. The van der Waals surface area contributed by atoms with Crippen molar-refractivity contribution in [3.63, 3.8) is 0 Å². The summed E-state index contributed by atoms with van der Waals surface area (Å²) < 4.78 is 9.56. The number of nitro groups is 1. The van der Waals surface area contributed by atoms with Crippen LogP contribution in [0.1, 0.15) is 22.8 Å². The van der Waals surface area contributed by atoms with Gasteiger partial charge in [0.1, 0.15) is 0 Å². The van der Waals surface area contributed by atoms with Crippen molar-refractivity contribution < 1.29 is 19.2 Å². The van der Waals surface area contributed by atoms with Crippen molar-refractivity contribution in [2.75, 3.05) is 14.2 Å². The molecule has 0 atom stereocenters. The van der Waals surface area contributed by atoms with E-state index < -0.39 is 10.9 Å². The number of hydrogen-bond acceptors (Lipinski definition) is 5. The minimum absolute atomic E-state index is 0.109. The highest BCUT2D eigenvalue weighted by molar-refractivity contribution is 5.92. The number of allylic oxidation sites excluding steroid dienone is 1. The third-order valence-corrected chi connectivity index (χ3v) is 2.27. The van der Waals surface area contributed by atoms with Crippen LogP contribution in [0.4, 0.5) is 5.69 Å². The maximum Gasteiger partial charge on any atom is 0.338 e. The molecular formula is C12H13NO5. The topological polar surface area (TPSA) is 78.7 Å². The van der Waals surface area contributed by atoms with E-state index in [0.717, 1.165) is 6.07 Å². The molecule has 0 fully saturated rings. The number of hydrogen-bond donors (Lipinski definition) is 0. The third-order valence-electron chi connectivity index (χ3n) is 2.27. The fraction of sp³-hybridized carbons (Fsp3) is 0.250. The average Bonchev–Trinajstić information content (AvgIpc) is 2.37. The second-order valence-electron chi connectivity index (χ2n) is 3.37. The molecule has 0 aliphatic rings. The van der Waals surface area contributed by atoms with E-state index in [1.165, 1.54) is 20.3 Å². The lowest BCUT2D eigenvalue weighted by Crippen LogP contribution is -2.04. The van der Waals surface area contributed by atoms with Gasteiger partial charge in [-0.25, -0.2) is 4.79 Å². The van der Waals surface area contributed by atoms with Gasteiger partial charge in [-0.1, -0.05) is 12.2 Å². The van der Waals surface area contributed by atoms with E-state index in [-0.39, 0.29) is 17.0 Å². The molecule has 0 unspecified atom stereocenters. The third kappa shape index (κ3) is 2.65. The zero-order chi connectivity index (χ0) is 13.7. The van der Waals surface area contributed by atoms with Crippen LogP contribution in [0.3, 0.4) is 0 Å². The minimum Gasteiger partial charge on any atom is -0.490 e. The Bertz CT molecular complexity index is 507. The second-order valence-corrected chi connectivity index (χ2v) is 3.37. The quantitative estimate of drug-likeness (QED) is 0.466. The van der Waals surface area contributed by atoms with E-state index in [1.54, 1.807) is 19.1 Å². The zero-order valence-electron chi connectivity index (χ0n) is 10.3. The van der Waals surface area contributed by atoms with Gasteiger partial charge in [-0.05, 0) is 13.0 Å².